The molecule has 0 saturated heterocycles. The van der Waals surface area contributed by atoms with E-state index in [1.165, 1.54) is 4.90 Å². The summed E-state index contributed by atoms with van der Waals surface area (Å²) >= 11 is 0. The van der Waals surface area contributed by atoms with Gasteiger partial charge in [-0.1, -0.05) is 13.8 Å². The molecule has 1 aromatic rings. The van der Waals surface area contributed by atoms with Gasteiger partial charge in [-0.3, -0.25) is 5.10 Å². The van der Waals surface area contributed by atoms with Gasteiger partial charge in [0.25, 0.3) is 0 Å². The van der Waals surface area contributed by atoms with Crippen molar-refractivity contribution in [2.45, 2.75) is 26.7 Å². The van der Waals surface area contributed by atoms with E-state index >= 15 is 0 Å². The third-order valence-electron chi connectivity index (χ3n) is 2.13. The zero-order valence-corrected chi connectivity index (χ0v) is 9.79. The minimum absolute atomic E-state index is 0.337. The Morgan fingerprint density at radius 3 is 2.47 bits per heavy atom. The van der Waals surface area contributed by atoms with E-state index in [2.05, 4.69) is 24.0 Å². The van der Waals surface area contributed by atoms with Crippen LogP contribution in [0.25, 0.3) is 0 Å². The smallest absolute Gasteiger partial charge is 0.389 e. The molecule has 0 spiro atoms. The summed E-state index contributed by atoms with van der Waals surface area (Å²) < 4.78 is 5.08. The largest absolute Gasteiger partial charge is 0.416 e. The normalized spacial score (nSPS) is 10.5. The highest BCUT2D eigenvalue weighted by Crippen LogP contribution is 2.23. The molecule has 0 aliphatic carbocycles. The number of hydrogen-bond acceptors (Lipinski definition) is 3. The second kappa shape index (κ2) is 4.33. The second-order valence-electron chi connectivity index (χ2n) is 3.98. The number of carbonyl (C=O) groups excluding carboxylic acids is 1. The van der Waals surface area contributed by atoms with Crippen LogP contribution in [0.5, 0.6) is 5.88 Å². The van der Waals surface area contributed by atoms with Crippen molar-refractivity contribution in [3.8, 4) is 5.88 Å². The number of aromatic amines is 1. The zero-order valence-electron chi connectivity index (χ0n) is 9.79. The van der Waals surface area contributed by atoms with E-state index in [1.807, 2.05) is 6.92 Å². The molecule has 0 unspecified atom stereocenters. The quantitative estimate of drug-likeness (QED) is 0.812. The first kappa shape index (κ1) is 11.6. The van der Waals surface area contributed by atoms with Crippen LogP contribution in [0.1, 0.15) is 31.0 Å². The summed E-state index contributed by atoms with van der Waals surface area (Å²) in [6, 6.07) is 0. The van der Waals surface area contributed by atoms with E-state index in [0.717, 1.165) is 11.3 Å². The Hall–Kier alpha value is -1.52. The first-order valence-corrected chi connectivity index (χ1v) is 4.87. The number of aromatic nitrogens is 2. The predicted molar refractivity (Wildman–Crippen MR) is 57.1 cm³/mol. The molecule has 0 fully saturated rings. The molecule has 15 heavy (non-hydrogen) atoms. The summed E-state index contributed by atoms with van der Waals surface area (Å²) in [6.07, 6.45) is -0.417. The van der Waals surface area contributed by atoms with Gasteiger partial charge >= 0.3 is 6.09 Å². The van der Waals surface area contributed by atoms with Gasteiger partial charge in [-0.2, -0.15) is 0 Å². The minimum atomic E-state index is -0.417. The van der Waals surface area contributed by atoms with Crippen molar-refractivity contribution in [3.63, 3.8) is 0 Å². The standard InChI is InChI=1S/C10H17N3O2/c1-6(2)8-7(3)9(12-11-8)15-10(14)13(4)5/h6H,1-5H3,(H,11,12). The number of nitrogens with zero attached hydrogens (tertiary/aromatic N) is 2. The van der Waals surface area contributed by atoms with Crippen molar-refractivity contribution in [2.24, 2.45) is 0 Å². The van der Waals surface area contributed by atoms with Gasteiger partial charge in [0.1, 0.15) is 0 Å². The maximum Gasteiger partial charge on any atom is 0.416 e. The molecule has 0 aliphatic heterocycles. The molecule has 0 saturated carbocycles. The molecular weight excluding hydrogens is 194 g/mol. The van der Waals surface area contributed by atoms with E-state index < -0.39 is 6.09 Å². The Bertz CT molecular complexity index is 356. The summed E-state index contributed by atoms with van der Waals surface area (Å²) in [5, 5.41) is 6.84. The highest BCUT2D eigenvalue weighted by Gasteiger charge is 2.16. The maximum atomic E-state index is 11.3. The van der Waals surface area contributed by atoms with Gasteiger partial charge in [0, 0.05) is 25.4 Å². The fourth-order valence-corrected chi connectivity index (χ4v) is 1.23. The summed E-state index contributed by atoms with van der Waals surface area (Å²) in [5.41, 5.74) is 1.89. The van der Waals surface area contributed by atoms with E-state index in [4.69, 9.17) is 4.74 Å². The number of amides is 1. The third-order valence-corrected chi connectivity index (χ3v) is 2.13. The molecule has 1 amide bonds. The molecule has 5 heteroatoms. The molecule has 0 bridgehead atoms. The number of rotatable bonds is 2. The van der Waals surface area contributed by atoms with E-state index in [1.54, 1.807) is 14.1 Å². The summed E-state index contributed by atoms with van der Waals surface area (Å²) in [7, 11) is 3.27. The highest BCUT2D eigenvalue weighted by atomic mass is 16.6. The van der Waals surface area contributed by atoms with Crippen LogP contribution in [-0.4, -0.2) is 35.3 Å². The van der Waals surface area contributed by atoms with Gasteiger partial charge < -0.3 is 9.64 Å². The van der Waals surface area contributed by atoms with Crippen LogP contribution in [0.2, 0.25) is 0 Å². The molecule has 0 aliphatic rings. The first-order chi connectivity index (χ1) is 6.93. The van der Waals surface area contributed by atoms with Gasteiger partial charge in [-0.15, -0.1) is 5.10 Å². The lowest BCUT2D eigenvalue weighted by Gasteiger charge is -2.09. The van der Waals surface area contributed by atoms with Crippen molar-refractivity contribution >= 4 is 6.09 Å². The number of ether oxygens (including phenoxy) is 1. The van der Waals surface area contributed by atoms with Crippen LogP contribution in [0.4, 0.5) is 4.79 Å². The van der Waals surface area contributed by atoms with Crippen LogP contribution in [0.3, 0.4) is 0 Å². The molecule has 0 aromatic carbocycles. The van der Waals surface area contributed by atoms with Crippen LogP contribution < -0.4 is 4.74 Å². The van der Waals surface area contributed by atoms with Gasteiger partial charge in [-0.05, 0) is 12.8 Å². The number of carbonyl (C=O) groups is 1. The summed E-state index contributed by atoms with van der Waals surface area (Å²) in [4.78, 5) is 12.7. The molecule has 1 N–H and O–H groups in total. The molecule has 1 aromatic heterocycles. The minimum Gasteiger partial charge on any atom is -0.389 e. The lowest BCUT2D eigenvalue weighted by molar-refractivity contribution is 0.169. The molecule has 0 atom stereocenters. The van der Waals surface area contributed by atoms with Gasteiger partial charge in [0.05, 0.1) is 0 Å². The lowest BCUT2D eigenvalue weighted by atomic mass is 10.1. The van der Waals surface area contributed by atoms with Crippen molar-refractivity contribution in [3.05, 3.63) is 11.3 Å². The molecule has 5 nitrogen and oxygen atoms in total. The number of hydrogen-bond donors (Lipinski definition) is 1. The van der Waals surface area contributed by atoms with Crippen molar-refractivity contribution in [1.82, 2.24) is 15.1 Å². The summed E-state index contributed by atoms with van der Waals surface area (Å²) in [5.74, 6) is 0.696. The fourth-order valence-electron chi connectivity index (χ4n) is 1.23. The monoisotopic (exact) mass is 211 g/mol. The van der Waals surface area contributed by atoms with E-state index in [9.17, 15) is 4.79 Å². The molecular formula is C10H17N3O2. The Balaban J connectivity index is 2.84. The third kappa shape index (κ3) is 2.49. The molecule has 1 heterocycles. The molecule has 1 rings (SSSR count). The van der Waals surface area contributed by atoms with Gasteiger partial charge in [-0.25, -0.2) is 4.79 Å². The summed E-state index contributed by atoms with van der Waals surface area (Å²) in [6.45, 7) is 5.99. The molecule has 84 valence electrons. The average Bonchev–Trinajstić information content (AvgIpc) is 2.48. The Morgan fingerprint density at radius 1 is 1.47 bits per heavy atom. The maximum absolute atomic E-state index is 11.3. The van der Waals surface area contributed by atoms with Crippen molar-refractivity contribution in [2.75, 3.05) is 14.1 Å². The number of nitrogens with one attached hydrogen (secondary N) is 1. The Morgan fingerprint density at radius 2 is 2.07 bits per heavy atom. The van der Waals surface area contributed by atoms with Crippen LogP contribution >= 0.6 is 0 Å². The van der Waals surface area contributed by atoms with Crippen LogP contribution in [0.15, 0.2) is 0 Å². The van der Waals surface area contributed by atoms with E-state index in [0.29, 0.717) is 11.8 Å². The average molecular weight is 211 g/mol. The number of H-pyrrole nitrogens is 1. The fraction of sp³-hybridized carbons (Fsp3) is 0.600. The van der Waals surface area contributed by atoms with Crippen LogP contribution in [-0.2, 0) is 0 Å². The predicted octanol–water partition coefficient (Wildman–Crippen LogP) is 1.90. The SMILES string of the molecule is Cc1c(OC(=O)N(C)C)n[nH]c1C(C)C. The van der Waals surface area contributed by atoms with Gasteiger partial charge in [0.2, 0.25) is 5.88 Å². The molecule has 0 radical (unpaired) electrons. The van der Waals surface area contributed by atoms with Crippen molar-refractivity contribution in [1.29, 1.82) is 0 Å². The lowest BCUT2D eigenvalue weighted by Crippen LogP contribution is -2.25. The second-order valence-corrected chi connectivity index (χ2v) is 3.98. The highest BCUT2D eigenvalue weighted by molar-refractivity contribution is 5.69. The Labute approximate surface area is 89.4 Å². The topological polar surface area (TPSA) is 58.2 Å². The first-order valence-electron chi connectivity index (χ1n) is 4.87. The van der Waals surface area contributed by atoms with E-state index in [-0.39, 0.29) is 0 Å². The zero-order chi connectivity index (χ0) is 11.6. The van der Waals surface area contributed by atoms with Crippen LogP contribution in [0, 0.1) is 6.92 Å². The van der Waals surface area contributed by atoms with Gasteiger partial charge in [0.15, 0.2) is 0 Å². The Kier molecular flexibility index (Phi) is 3.34. The van der Waals surface area contributed by atoms with Crippen molar-refractivity contribution < 1.29 is 9.53 Å².